The molecule has 0 aliphatic carbocycles. The highest BCUT2D eigenvalue weighted by Crippen LogP contribution is 2.08. The van der Waals surface area contributed by atoms with Gasteiger partial charge in [0.25, 0.3) is 0 Å². The molecule has 0 fully saturated rings. The van der Waals surface area contributed by atoms with Crippen molar-refractivity contribution in [3.05, 3.63) is 12.2 Å². The van der Waals surface area contributed by atoms with Crippen LogP contribution in [0.4, 0.5) is 0 Å². The van der Waals surface area contributed by atoms with Gasteiger partial charge in [0.2, 0.25) is 0 Å². The zero-order chi connectivity index (χ0) is 8.27. The van der Waals surface area contributed by atoms with Crippen LogP contribution in [0.5, 0.6) is 0 Å². The number of aryl methyl sites for hydroxylation is 1. The van der Waals surface area contributed by atoms with Crippen molar-refractivity contribution in [1.29, 1.82) is 0 Å². The van der Waals surface area contributed by atoms with Crippen LogP contribution in [0.3, 0.4) is 0 Å². The molecule has 0 aliphatic heterocycles. The number of hydrogen-bond acceptors (Lipinski definition) is 3. The van der Waals surface area contributed by atoms with Crippen molar-refractivity contribution in [2.45, 2.75) is 32.9 Å². The van der Waals surface area contributed by atoms with Gasteiger partial charge in [0.15, 0.2) is 0 Å². The molecule has 1 rings (SSSR count). The molecule has 2 N–H and O–H groups in total. The minimum absolute atomic E-state index is 0. The van der Waals surface area contributed by atoms with Crippen LogP contribution in [0.15, 0.2) is 6.33 Å². The van der Waals surface area contributed by atoms with Crippen LogP contribution >= 0.6 is 24.8 Å². The molecule has 1 aromatic rings. The molecule has 1 aromatic heterocycles. The highest BCUT2D eigenvalue weighted by molar-refractivity contribution is 5.85. The van der Waals surface area contributed by atoms with Crippen LogP contribution in [-0.4, -0.2) is 14.8 Å². The molecule has 0 bridgehead atoms. The quantitative estimate of drug-likeness (QED) is 0.852. The Labute approximate surface area is 90.7 Å². The monoisotopic (exact) mass is 226 g/mol. The molecule has 0 aromatic carbocycles. The second-order valence-corrected chi connectivity index (χ2v) is 2.45. The van der Waals surface area contributed by atoms with Gasteiger partial charge in [-0.2, -0.15) is 5.10 Å². The number of halogens is 2. The van der Waals surface area contributed by atoms with Crippen LogP contribution in [0.2, 0.25) is 0 Å². The minimum atomic E-state index is 0. The first kappa shape index (κ1) is 15.2. The van der Waals surface area contributed by atoms with Crippen molar-refractivity contribution in [2.75, 3.05) is 0 Å². The van der Waals surface area contributed by atoms with E-state index < -0.39 is 0 Å². The molecule has 0 unspecified atom stereocenters. The molecule has 0 aliphatic rings. The molecular weight excluding hydrogens is 211 g/mol. The van der Waals surface area contributed by atoms with Crippen LogP contribution in [0.25, 0.3) is 0 Å². The fourth-order valence-corrected chi connectivity index (χ4v) is 0.986. The highest BCUT2D eigenvalue weighted by Gasteiger charge is 2.09. The van der Waals surface area contributed by atoms with Gasteiger partial charge in [0.05, 0.1) is 6.04 Å². The smallest absolute Gasteiger partial charge is 0.143 e. The predicted molar refractivity (Wildman–Crippen MR) is 57.4 cm³/mol. The second-order valence-electron chi connectivity index (χ2n) is 2.45. The highest BCUT2D eigenvalue weighted by atomic mass is 35.5. The van der Waals surface area contributed by atoms with Crippen molar-refractivity contribution in [3.8, 4) is 0 Å². The maximum absolute atomic E-state index is 5.79. The maximum atomic E-state index is 5.79. The van der Waals surface area contributed by atoms with Crippen LogP contribution in [0.1, 0.15) is 32.1 Å². The van der Waals surface area contributed by atoms with E-state index in [9.17, 15) is 0 Å². The van der Waals surface area contributed by atoms with E-state index in [-0.39, 0.29) is 30.9 Å². The van der Waals surface area contributed by atoms with E-state index in [0.29, 0.717) is 0 Å². The van der Waals surface area contributed by atoms with Gasteiger partial charge >= 0.3 is 0 Å². The summed E-state index contributed by atoms with van der Waals surface area (Å²) in [6, 6.07) is 0.0254. The van der Waals surface area contributed by atoms with E-state index in [1.165, 1.54) is 0 Å². The lowest BCUT2D eigenvalue weighted by atomic mass is 10.2. The van der Waals surface area contributed by atoms with Gasteiger partial charge in [-0.3, -0.25) is 0 Å². The second kappa shape index (κ2) is 7.12. The molecular formula is C7H16Cl2N4. The van der Waals surface area contributed by atoms with E-state index >= 15 is 0 Å². The van der Waals surface area contributed by atoms with Crippen molar-refractivity contribution in [2.24, 2.45) is 5.73 Å². The summed E-state index contributed by atoms with van der Waals surface area (Å²) in [5.41, 5.74) is 5.79. The molecule has 0 radical (unpaired) electrons. The lowest BCUT2D eigenvalue weighted by Gasteiger charge is -2.07. The molecule has 13 heavy (non-hydrogen) atoms. The zero-order valence-electron chi connectivity index (χ0n) is 7.80. The standard InChI is InChI=1S/C7H14N4.2ClH/c1-3-6(8)7-9-5-10-11(7)4-2;;/h5-6H,3-4,8H2,1-2H3;2*1H/t6-;;/m0../s1. The fourth-order valence-electron chi connectivity index (χ4n) is 0.986. The SMILES string of the molecule is CC[C@H](N)c1ncnn1CC.Cl.Cl. The van der Waals surface area contributed by atoms with Gasteiger partial charge < -0.3 is 5.73 Å². The Balaban J connectivity index is 0. The summed E-state index contributed by atoms with van der Waals surface area (Å²) < 4.78 is 1.83. The van der Waals surface area contributed by atoms with Crippen LogP contribution in [-0.2, 0) is 6.54 Å². The largest absolute Gasteiger partial charge is 0.321 e. The third-order valence-electron chi connectivity index (χ3n) is 1.72. The maximum Gasteiger partial charge on any atom is 0.143 e. The van der Waals surface area contributed by atoms with Crippen LogP contribution < -0.4 is 5.73 Å². The van der Waals surface area contributed by atoms with Gasteiger partial charge in [-0.15, -0.1) is 24.8 Å². The molecule has 6 heteroatoms. The number of nitrogens with zero attached hydrogens (tertiary/aromatic N) is 3. The molecule has 1 atom stereocenters. The molecule has 1 heterocycles. The minimum Gasteiger partial charge on any atom is -0.321 e. The van der Waals surface area contributed by atoms with E-state index in [4.69, 9.17) is 5.73 Å². The van der Waals surface area contributed by atoms with Crippen molar-refractivity contribution >= 4 is 24.8 Å². The van der Waals surface area contributed by atoms with Gasteiger partial charge in [-0.05, 0) is 13.3 Å². The predicted octanol–water partition coefficient (Wildman–Crippen LogP) is 1.55. The normalized spacial score (nSPS) is 11.3. The Bertz CT molecular complexity index is 226. The number of aromatic nitrogens is 3. The molecule has 0 spiro atoms. The molecule has 0 amide bonds. The van der Waals surface area contributed by atoms with Gasteiger partial charge in [0, 0.05) is 6.54 Å². The Morgan fingerprint density at radius 2 is 2.08 bits per heavy atom. The molecule has 0 saturated carbocycles. The van der Waals surface area contributed by atoms with Crippen molar-refractivity contribution in [3.63, 3.8) is 0 Å². The zero-order valence-corrected chi connectivity index (χ0v) is 9.44. The van der Waals surface area contributed by atoms with E-state index in [0.717, 1.165) is 18.8 Å². The van der Waals surface area contributed by atoms with E-state index in [1.54, 1.807) is 6.33 Å². The first-order valence-corrected chi connectivity index (χ1v) is 3.92. The summed E-state index contributed by atoms with van der Waals surface area (Å²) in [5, 5.41) is 4.03. The van der Waals surface area contributed by atoms with E-state index in [2.05, 4.69) is 10.1 Å². The summed E-state index contributed by atoms with van der Waals surface area (Å²) in [7, 11) is 0. The Kier molecular flexibility index (Phi) is 8.30. The van der Waals surface area contributed by atoms with E-state index in [1.807, 2.05) is 18.5 Å². The summed E-state index contributed by atoms with van der Waals surface area (Å²) in [4.78, 5) is 4.08. The summed E-state index contributed by atoms with van der Waals surface area (Å²) >= 11 is 0. The number of rotatable bonds is 3. The summed E-state index contributed by atoms with van der Waals surface area (Å²) in [6.45, 7) is 4.91. The van der Waals surface area contributed by atoms with Crippen molar-refractivity contribution in [1.82, 2.24) is 14.8 Å². The summed E-state index contributed by atoms with van der Waals surface area (Å²) in [6.07, 6.45) is 2.45. The number of hydrogen-bond donors (Lipinski definition) is 1. The molecule has 4 nitrogen and oxygen atoms in total. The Morgan fingerprint density at radius 1 is 1.46 bits per heavy atom. The van der Waals surface area contributed by atoms with Gasteiger partial charge in [0.1, 0.15) is 12.2 Å². The van der Waals surface area contributed by atoms with Crippen LogP contribution in [0, 0.1) is 0 Å². The first-order chi connectivity index (χ1) is 5.29. The number of nitrogens with two attached hydrogens (primary N) is 1. The average molecular weight is 227 g/mol. The first-order valence-electron chi connectivity index (χ1n) is 3.92. The lowest BCUT2D eigenvalue weighted by molar-refractivity contribution is 0.550. The lowest BCUT2D eigenvalue weighted by Crippen LogP contribution is -2.16. The van der Waals surface area contributed by atoms with Gasteiger partial charge in [-0.25, -0.2) is 9.67 Å². The topological polar surface area (TPSA) is 56.7 Å². The van der Waals surface area contributed by atoms with Gasteiger partial charge in [-0.1, -0.05) is 6.92 Å². The Hall–Kier alpha value is -0.320. The third kappa shape index (κ3) is 3.50. The average Bonchev–Trinajstić information content (AvgIpc) is 2.50. The fraction of sp³-hybridized carbons (Fsp3) is 0.714. The van der Waals surface area contributed by atoms with Crippen molar-refractivity contribution < 1.29 is 0 Å². The molecule has 78 valence electrons. The summed E-state index contributed by atoms with van der Waals surface area (Å²) in [5.74, 6) is 0.884. The third-order valence-corrected chi connectivity index (χ3v) is 1.72. The Morgan fingerprint density at radius 3 is 2.54 bits per heavy atom. The molecule has 0 saturated heterocycles.